The van der Waals surface area contributed by atoms with Gasteiger partial charge in [-0.15, -0.1) is 0 Å². The fraction of sp³-hybridized carbons (Fsp3) is 0.273. The second kappa shape index (κ2) is 8.47. The average molecular weight is 442 g/mol. The first-order valence-corrected chi connectivity index (χ1v) is 10.2. The summed E-state index contributed by atoms with van der Waals surface area (Å²) in [6.45, 7) is 3.43. The summed E-state index contributed by atoms with van der Waals surface area (Å²) in [4.78, 5) is 20.8. The molecule has 0 radical (unpaired) electrons. The van der Waals surface area contributed by atoms with Crippen molar-refractivity contribution < 1.29 is 13.6 Å². The maximum absolute atomic E-state index is 14.8. The zero-order valence-corrected chi connectivity index (χ0v) is 18.1. The van der Waals surface area contributed by atoms with E-state index in [1.807, 2.05) is 6.07 Å². The van der Waals surface area contributed by atoms with Crippen molar-refractivity contribution >= 4 is 34.7 Å². The number of hydrogen-bond acceptors (Lipinski definition) is 6. The summed E-state index contributed by atoms with van der Waals surface area (Å²) in [5, 5.41) is 11.6. The van der Waals surface area contributed by atoms with Gasteiger partial charge in [0.25, 0.3) is 0 Å². The number of amides is 1. The van der Waals surface area contributed by atoms with Crippen LogP contribution in [0.5, 0.6) is 0 Å². The van der Waals surface area contributed by atoms with E-state index >= 15 is 0 Å². The molecule has 3 N–H and O–H groups in total. The van der Waals surface area contributed by atoms with E-state index < -0.39 is 21.9 Å². The number of carbonyl (C=O) groups excluding carboxylic acids is 1. The highest BCUT2D eigenvalue weighted by Crippen LogP contribution is 2.46. The summed E-state index contributed by atoms with van der Waals surface area (Å²) >= 11 is 1.13. The van der Waals surface area contributed by atoms with Crippen molar-refractivity contribution in [2.45, 2.75) is 30.6 Å². The fourth-order valence-electron chi connectivity index (χ4n) is 3.64. The quantitative estimate of drug-likeness (QED) is 0.752. The van der Waals surface area contributed by atoms with Gasteiger partial charge in [-0.2, -0.15) is 5.26 Å². The summed E-state index contributed by atoms with van der Waals surface area (Å²) < 4.78 is 28.6. The molecule has 1 amide bonds. The van der Waals surface area contributed by atoms with E-state index in [-0.39, 0.29) is 28.8 Å². The predicted octanol–water partition coefficient (Wildman–Crippen LogP) is 3.73. The Labute approximate surface area is 183 Å². The van der Waals surface area contributed by atoms with Crippen molar-refractivity contribution in [2.24, 2.45) is 10.7 Å². The highest BCUT2D eigenvalue weighted by molar-refractivity contribution is 8.15. The van der Waals surface area contributed by atoms with Gasteiger partial charge in [0.2, 0.25) is 5.91 Å². The SMILES string of the molecule is CNC(=O)[C@@]1(C)C[C@@](C)(c2cc(/C=C(\F)c3ccc(C#N)cn3)ccc2F)N=C(N)S1. The van der Waals surface area contributed by atoms with Crippen LogP contribution in [0.15, 0.2) is 41.5 Å². The monoisotopic (exact) mass is 441 g/mol. The third kappa shape index (κ3) is 4.59. The number of nitrogens with zero attached hydrogens (tertiary/aromatic N) is 3. The van der Waals surface area contributed by atoms with Crippen LogP contribution in [0.4, 0.5) is 8.78 Å². The Morgan fingerprint density at radius 3 is 2.71 bits per heavy atom. The molecule has 1 aromatic carbocycles. The highest BCUT2D eigenvalue weighted by atomic mass is 32.2. The highest BCUT2D eigenvalue weighted by Gasteiger charge is 2.47. The molecular formula is C22H21F2N5OS. The van der Waals surface area contributed by atoms with Gasteiger partial charge in [-0.25, -0.2) is 8.78 Å². The van der Waals surface area contributed by atoms with Crippen LogP contribution in [0.25, 0.3) is 11.9 Å². The molecule has 0 bridgehead atoms. The lowest BCUT2D eigenvalue weighted by Crippen LogP contribution is -2.49. The smallest absolute Gasteiger partial charge is 0.236 e. The standard InChI is InChI=1S/C22H21F2N5OS/c1-21(12-22(2,19(30)27-3)31-20(26)29-21)15-8-13(4-6-16(15)23)9-17(24)18-7-5-14(10-25)11-28-18/h4-9,11H,12H2,1-3H3,(H2,26,29)(H,27,30)/b17-9-/t21-,22+/m0/s1. The molecule has 0 unspecified atom stereocenters. The van der Waals surface area contributed by atoms with Gasteiger partial charge in [0.05, 0.1) is 16.8 Å². The number of rotatable bonds is 4. The summed E-state index contributed by atoms with van der Waals surface area (Å²) in [7, 11) is 1.53. The number of nitrogens with one attached hydrogen (secondary N) is 1. The Bertz CT molecular complexity index is 1130. The number of benzene rings is 1. The summed E-state index contributed by atoms with van der Waals surface area (Å²) in [6, 6.07) is 8.95. The second-order valence-electron chi connectivity index (χ2n) is 7.59. The first-order valence-electron chi connectivity index (χ1n) is 9.40. The molecule has 0 fully saturated rings. The molecule has 31 heavy (non-hydrogen) atoms. The minimum absolute atomic E-state index is 0.0552. The second-order valence-corrected chi connectivity index (χ2v) is 9.11. The number of pyridine rings is 1. The molecule has 160 valence electrons. The Kier molecular flexibility index (Phi) is 6.13. The molecule has 9 heteroatoms. The molecule has 1 aromatic heterocycles. The van der Waals surface area contributed by atoms with Crippen LogP contribution >= 0.6 is 11.8 Å². The minimum atomic E-state index is -1.12. The number of nitriles is 1. The third-order valence-corrected chi connectivity index (χ3v) is 6.16. The van der Waals surface area contributed by atoms with E-state index in [0.29, 0.717) is 11.1 Å². The maximum Gasteiger partial charge on any atom is 0.236 e. The number of carbonyl (C=O) groups is 1. The molecule has 2 heterocycles. The number of aromatic nitrogens is 1. The Morgan fingerprint density at radius 2 is 2.10 bits per heavy atom. The molecule has 2 aromatic rings. The van der Waals surface area contributed by atoms with Crippen LogP contribution < -0.4 is 11.1 Å². The first-order chi connectivity index (χ1) is 14.6. The van der Waals surface area contributed by atoms with Crippen LogP contribution in [0, 0.1) is 17.1 Å². The average Bonchev–Trinajstić information content (AvgIpc) is 2.73. The van der Waals surface area contributed by atoms with Gasteiger partial charge >= 0.3 is 0 Å². The van der Waals surface area contributed by atoms with Gasteiger partial charge in [-0.1, -0.05) is 17.8 Å². The molecule has 0 aliphatic carbocycles. The van der Waals surface area contributed by atoms with Crippen LogP contribution in [0.3, 0.4) is 0 Å². The number of hydrogen-bond donors (Lipinski definition) is 2. The van der Waals surface area contributed by atoms with Crippen LogP contribution in [-0.2, 0) is 10.3 Å². The van der Waals surface area contributed by atoms with E-state index in [9.17, 15) is 13.6 Å². The van der Waals surface area contributed by atoms with Crippen molar-refractivity contribution in [3.8, 4) is 6.07 Å². The molecule has 0 saturated heterocycles. The van der Waals surface area contributed by atoms with Crippen molar-refractivity contribution in [3.05, 3.63) is 64.7 Å². The van der Waals surface area contributed by atoms with Crippen molar-refractivity contribution in [3.63, 3.8) is 0 Å². The van der Waals surface area contributed by atoms with Gasteiger partial charge in [0.1, 0.15) is 22.5 Å². The van der Waals surface area contributed by atoms with E-state index in [0.717, 1.165) is 11.8 Å². The molecule has 0 saturated carbocycles. The van der Waals surface area contributed by atoms with E-state index in [4.69, 9.17) is 11.0 Å². The molecular weight excluding hydrogens is 420 g/mol. The van der Waals surface area contributed by atoms with Crippen LogP contribution in [-0.4, -0.2) is 27.9 Å². The number of aliphatic imine (C=N–C) groups is 1. The predicted molar refractivity (Wildman–Crippen MR) is 118 cm³/mol. The number of halogens is 2. The summed E-state index contributed by atoms with van der Waals surface area (Å²) in [5.41, 5.74) is 5.85. The maximum atomic E-state index is 14.8. The topological polar surface area (TPSA) is 104 Å². The molecule has 1 aliphatic heterocycles. The molecule has 1 aliphatic rings. The number of amidine groups is 1. The number of thioether (sulfide) groups is 1. The third-order valence-electron chi connectivity index (χ3n) is 5.08. The van der Waals surface area contributed by atoms with Gasteiger partial charge in [0.15, 0.2) is 5.17 Å². The Balaban J connectivity index is 2.01. The Hall–Kier alpha value is -3.25. The normalized spacial score (nSPS) is 23.6. The van der Waals surface area contributed by atoms with Crippen molar-refractivity contribution in [1.82, 2.24) is 10.3 Å². The summed E-state index contributed by atoms with van der Waals surface area (Å²) in [6.07, 6.45) is 2.70. The first kappa shape index (κ1) is 22.4. The van der Waals surface area contributed by atoms with E-state index in [1.54, 1.807) is 13.8 Å². The van der Waals surface area contributed by atoms with Gasteiger partial charge in [-0.05, 0) is 49.8 Å². The molecule has 2 atom stereocenters. The Morgan fingerprint density at radius 1 is 1.35 bits per heavy atom. The summed E-state index contributed by atoms with van der Waals surface area (Å²) in [5.74, 6) is -1.40. The fourth-order valence-corrected chi connectivity index (χ4v) is 4.90. The van der Waals surface area contributed by atoms with E-state index in [2.05, 4.69) is 15.3 Å². The van der Waals surface area contributed by atoms with Crippen molar-refractivity contribution in [1.29, 1.82) is 5.26 Å². The molecule has 0 spiro atoms. The van der Waals surface area contributed by atoms with Crippen LogP contribution in [0.1, 0.15) is 42.7 Å². The molecule has 6 nitrogen and oxygen atoms in total. The lowest BCUT2D eigenvalue weighted by molar-refractivity contribution is -0.123. The lowest BCUT2D eigenvalue weighted by Gasteiger charge is -2.40. The van der Waals surface area contributed by atoms with E-state index in [1.165, 1.54) is 49.7 Å². The largest absolute Gasteiger partial charge is 0.378 e. The van der Waals surface area contributed by atoms with Crippen molar-refractivity contribution in [2.75, 3.05) is 7.05 Å². The minimum Gasteiger partial charge on any atom is -0.378 e. The molecule has 3 rings (SSSR count). The lowest BCUT2D eigenvalue weighted by atomic mass is 9.82. The van der Waals surface area contributed by atoms with Gasteiger partial charge in [0, 0.05) is 25.2 Å². The zero-order chi connectivity index (χ0) is 22.8. The van der Waals surface area contributed by atoms with Crippen LogP contribution in [0.2, 0.25) is 0 Å². The van der Waals surface area contributed by atoms with Gasteiger partial charge < -0.3 is 11.1 Å². The zero-order valence-electron chi connectivity index (χ0n) is 17.2. The number of nitrogens with two attached hydrogens (primary N) is 1. The van der Waals surface area contributed by atoms with Gasteiger partial charge in [-0.3, -0.25) is 14.8 Å².